The molecule has 21 heavy (non-hydrogen) atoms. The number of hydrogen-bond donors (Lipinski definition) is 1. The minimum absolute atomic E-state index is 0.0221. The second kappa shape index (κ2) is 6.30. The SMILES string of the molecule is CCCNc1nc(C2(c3ccccc3)CCC2)ncc1I. The van der Waals surface area contributed by atoms with Gasteiger partial charge < -0.3 is 5.32 Å². The van der Waals surface area contributed by atoms with E-state index in [1.807, 2.05) is 6.20 Å². The highest BCUT2D eigenvalue weighted by Crippen LogP contribution is 2.47. The highest BCUT2D eigenvalue weighted by molar-refractivity contribution is 14.1. The maximum atomic E-state index is 4.85. The molecular weight excluding hydrogens is 373 g/mol. The van der Waals surface area contributed by atoms with E-state index in [-0.39, 0.29) is 5.41 Å². The van der Waals surface area contributed by atoms with Crippen LogP contribution in [0.4, 0.5) is 5.82 Å². The summed E-state index contributed by atoms with van der Waals surface area (Å²) >= 11 is 2.30. The smallest absolute Gasteiger partial charge is 0.143 e. The molecular formula is C17H20IN3. The topological polar surface area (TPSA) is 37.8 Å². The summed E-state index contributed by atoms with van der Waals surface area (Å²) in [6.07, 6.45) is 6.58. The van der Waals surface area contributed by atoms with E-state index in [9.17, 15) is 0 Å². The van der Waals surface area contributed by atoms with Crippen LogP contribution in [-0.2, 0) is 5.41 Å². The van der Waals surface area contributed by atoms with E-state index in [1.54, 1.807) is 0 Å². The first kappa shape index (κ1) is 14.8. The largest absolute Gasteiger partial charge is 0.369 e. The Morgan fingerprint density at radius 2 is 2.00 bits per heavy atom. The Morgan fingerprint density at radius 1 is 1.24 bits per heavy atom. The van der Waals surface area contributed by atoms with Gasteiger partial charge in [-0.2, -0.15) is 0 Å². The highest BCUT2D eigenvalue weighted by Gasteiger charge is 2.43. The number of hydrogen-bond acceptors (Lipinski definition) is 3. The van der Waals surface area contributed by atoms with Crippen molar-refractivity contribution in [3.8, 4) is 0 Å². The Hall–Kier alpha value is -1.17. The highest BCUT2D eigenvalue weighted by atomic mass is 127. The quantitative estimate of drug-likeness (QED) is 0.767. The molecule has 1 N–H and O–H groups in total. The van der Waals surface area contributed by atoms with Crippen molar-refractivity contribution in [2.45, 2.75) is 38.0 Å². The average molecular weight is 393 g/mol. The molecule has 2 aromatic rings. The fraction of sp³-hybridized carbons (Fsp3) is 0.412. The summed E-state index contributed by atoms with van der Waals surface area (Å²) in [5.41, 5.74) is 1.37. The van der Waals surface area contributed by atoms with Crippen LogP contribution in [0.3, 0.4) is 0 Å². The standard InChI is InChI=1S/C17H20IN3/c1-2-11-19-15-14(18)12-20-16(21-15)17(9-6-10-17)13-7-4-3-5-8-13/h3-5,7-8,12H,2,6,9-11H2,1H3,(H,19,20,21). The molecule has 3 nitrogen and oxygen atoms in total. The Kier molecular flexibility index (Phi) is 4.42. The summed E-state index contributed by atoms with van der Waals surface area (Å²) in [7, 11) is 0. The predicted octanol–water partition coefficient (Wildman–Crippen LogP) is 4.37. The minimum atomic E-state index is 0.0221. The van der Waals surface area contributed by atoms with Crippen LogP contribution in [0.15, 0.2) is 36.5 Å². The molecule has 0 unspecified atom stereocenters. The summed E-state index contributed by atoms with van der Waals surface area (Å²) in [6.45, 7) is 3.12. The van der Waals surface area contributed by atoms with E-state index in [0.717, 1.165) is 41.0 Å². The van der Waals surface area contributed by atoms with Gasteiger partial charge in [-0.3, -0.25) is 0 Å². The third-order valence-corrected chi connectivity index (χ3v) is 5.04. The lowest BCUT2D eigenvalue weighted by molar-refractivity contribution is 0.285. The van der Waals surface area contributed by atoms with Crippen LogP contribution < -0.4 is 5.32 Å². The van der Waals surface area contributed by atoms with Crippen LogP contribution in [0.5, 0.6) is 0 Å². The van der Waals surface area contributed by atoms with Crippen LogP contribution in [-0.4, -0.2) is 16.5 Å². The Labute approximate surface area is 139 Å². The van der Waals surface area contributed by atoms with Crippen molar-refractivity contribution in [3.05, 3.63) is 51.5 Å². The van der Waals surface area contributed by atoms with Crippen molar-refractivity contribution < 1.29 is 0 Å². The van der Waals surface area contributed by atoms with Gasteiger partial charge in [0.2, 0.25) is 0 Å². The molecule has 0 bridgehead atoms. The number of nitrogens with one attached hydrogen (secondary N) is 1. The fourth-order valence-corrected chi connectivity index (χ4v) is 3.34. The lowest BCUT2D eigenvalue weighted by Crippen LogP contribution is -2.37. The minimum Gasteiger partial charge on any atom is -0.369 e. The summed E-state index contributed by atoms with van der Waals surface area (Å²) < 4.78 is 1.09. The van der Waals surface area contributed by atoms with Gasteiger partial charge in [0, 0.05) is 12.7 Å². The summed E-state index contributed by atoms with van der Waals surface area (Å²) in [4.78, 5) is 9.51. The number of rotatable bonds is 5. The van der Waals surface area contributed by atoms with Gasteiger partial charge in [-0.05, 0) is 47.4 Å². The van der Waals surface area contributed by atoms with E-state index in [0.29, 0.717) is 0 Å². The van der Waals surface area contributed by atoms with E-state index in [4.69, 9.17) is 4.98 Å². The molecule has 1 heterocycles. The molecule has 1 aliphatic carbocycles. The van der Waals surface area contributed by atoms with Crippen LogP contribution >= 0.6 is 22.6 Å². The zero-order valence-electron chi connectivity index (χ0n) is 12.3. The van der Waals surface area contributed by atoms with Crippen LogP contribution in [0.25, 0.3) is 0 Å². The molecule has 0 spiro atoms. The Balaban J connectivity index is 1.98. The van der Waals surface area contributed by atoms with Gasteiger partial charge >= 0.3 is 0 Å². The molecule has 4 heteroatoms. The molecule has 0 saturated heterocycles. The van der Waals surface area contributed by atoms with Crippen molar-refractivity contribution in [2.75, 3.05) is 11.9 Å². The molecule has 1 fully saturated rings. The number of anilines is 1. The molecule has 0 amide bonds. The first-order chi connectivity index (χ1) is 10.3. The lowest BCUT2D eigenvalue weighted by Gasteiger charge is -2.41. The maximum Gasteiger partial charge on any atom is 0.143 e. The zero-order valence-corrected chi connectivity index (χ0v) is 14.4. The fourth-order valence-electron chi connectivity index (χ4n) is 2.89. The monoisotopic (exact) mass is 393 g/mol. The molecule has 1 aromatic heterocycles. The zero-order chi connectivity index (χ0) is 14.7. The van der Waals surface area contributed by atoms with Crippen LogP contribution in [0.2, 0.25) is 0 Å². The lowest BCUT2D eigenvalue weighted by atomic mass is 9.64. The van der Waals surface area contributed by atoms with Crippen LogP contribution in [0, 0.1) is 3.57 Å². The van der Waals surface area contributed by atoms with Gasteiger partial charge in [-0.15, -0.1) is 0 Å². The molecule has 1 saturated carbocycles. The van der Waals surface area contributed by atoms with Crippen LogP contribution in [0.1, 0.15) is 44.0 Å². The molecule has 0 atom stereocenters. The Morgan fingerprint density at radius 3 is 2.62 bits per heavy atom. The maximum absolute atomic E-state index is 4.85. The number of benzene rings is 1. The van der Waals surface area contributed by atoms with E-state index in [2.05, 4.69) is 70.1 Å². The number of nitrogens with zero attached hydrogens (tertiary/aromatic N) is 2. The van der Waals surface area contributed by atoms with Gasteiger partial charge in [0.05, 0.1) is 8.99 Å². The van der Waals surface area contributed by atoms with Gasteiger partial charge in [-0.25, -0.2) is 9.97 Å². The molecule has 110 valence electrons. The van der Waals surface area contributed by atoms with E-state index < -0.39 is 0 Å². The molecule has 1 aromatic carbocycles. The van der Waals surface area contributed by atoms with Gasteiger partial charge in [0.25, 0.3) is 0 Å². The normalized spacial score (nSPS) is 16.3. The van der Waals surface area contributed by atoms with Crippen molar-refractivity contribution in [3.63, 3.8) is 0 Å². The van der Waals surface area contributed by atoms with Gasteiger partial charge in [-0.1, -0.05) is 43.7 Å². The van der Waals surface area contributed by atoms with E-state index >= 15 is 0 Å². The number of halogens is 1. The molecule has 0 radical (unpaired) electrons. The summed E-state index contributed by atoms with van der Waals surface area (Å²) in [5.74, 6) is 1.95. The van der Waals surface area contributed by atoms with Crippen molar-refractivity contribution in [2.24, 2.45) is 0 Å². The van der Waals surface area contributed by atoms with Crippen molar-refractivity contribution in [1.29, 1.82) is 0 Å². The molecule has 0 aliphatic heterocycles. The summed E-state index contributed by atoms with van der Waals surface area (Å²) in [5, 5.41) is 3.42. The van der Waals surface area contributed by atoms with Crippen molar-refractivity contribution in [1.82, 2.24) is 9.97 Å². The molecule has 3 rings (SSSR count). The van der Waals surface area contributed by atoms with E-state index in [1.165, 1.54) is 12.0 Å². The second-order valence-electron chi connectivity index (χ2n) is 5.62. The average Bonchev–Trinajstić information content (AvgIpc) is 2.47. The Bertz CT molecular complexity index is 609. The van der Waals surface area contributed by atoms with Crippen molar-refractivity contribution >= 4 is 28.4 Å². The predicted molar refractivity (Wildman–Crippen MR) is 94.6 cm³/mol. The van der Waals surface area contributed by atoms with Gasteiger partial charge in [0.1, 0.15) is 11.6 Å². The molecule has 1 aliphatic rings. The number of aromatic nitrogens is 2. The van der Waals surface area contributed by atoms with Gasteiger partial charge in [0.15, 0.2) is 0 Å². The second-order valence-corrected chi connectivity index (χ2v) is 6.78. The summed E-state index contributed by atoms with van der Waals surface area (Å²) in [6, 6.07) is 10.7. The first-order valence-electron chi connectivity index (χ1n) is 7.59. The third kappa shape index (κ3) is 2.78. The first-order valence-corrected chi connectivity index (χ1v) is 8.66. The third-order valence-electron chi connectivity index (χ3n) is 4.25.